The van der Waals surface area contributed by atoms with Crippen LogP contribution in [0.15, 0.2) is 42.5 Å². The fraction of sp³-hybridized carbons (Fsp3) is 0.143. The highest BCUT2D eigenvalue weighted by atomic mass is 79.9. The van der Waals surface area contributed by atoms with Crippen LogP contribution in [0, 0.1) is 0 Å². The maximum absolute atomic E-state index is 13.0. The van der Waals surface area contributed by atoms with Gasteiger partial charge in [-0.05, 0) is 29.8 Å². The van der Waals surface area contributed by atoms with Gasteiger partial charge < -0.3 is 4.74 Å². The first-order valence-electron chi connectivity index (χ1n) is 5.60. The smallest absolute Gasteiger partial charge is 0.421 e. The van der Waals surface area contributed by atoms with Gasteiger partial charge in [-0.1, -0.05) is 45.7 Å². The van der Waals surface area contributed by atoms with E-state index in [1.165, 1.54) is 18.2 Å². The Morgan fingerprint density at radius 2 is 1.70 bits per heavy atom. The van der Waals surface area contributed by atoms with E-state index in [1.54, 1.807) is 24.3 Å². The lowest BCUT2D eigenvalue weighted by Crippen LogP contribution is -2.08. The summed E-state index contributed by atoms with van der Waals surface area (Å²) < 4.78 is 44.2. The van der Waals surface area contributed by atoms with Gasteiger partial charge in [-0.2, -0.15) is 13.2 Å². The molecule has 0 aromatic heterocycles. The molecule has 0 unspecified atom stereocenters. The average molecular weight is 366 g/mol. The van der Waals surface area contributed by atoms with E-state index < -0.39 is 11.7 Å². The summed E-state index contributed by atoms with van der Waals surface area (Å²) >= 11 is 8.91. The van der Waals surface area contributed by atoms with Gasteiger partial charge in [0.15, 0.2) is 0 Å². The second kappa shape index (κ2) is 6.06. The summed E-state index contributed by atoms with van der Waals surface area (Å²) in [7, 11) is 0. The van der Waals surface area contributed by atoms with Crippen molar-refractivity contribution in [2.45, 2.75) is 11.5 Å². The minimum Gasteiger partial charge on any atom is -0.457 e. The first kappa shape index (κ1) is 15.2. The Labute approximate surface area is 127 Å². The van der Waals surface area contributed by atoms with Crippen LogP contribution in [0.5, 0.6) is 11.5 Å². The van der Waals surface area contributed by atoms with Gasteiger partial charge in [-0.25, -0.2) is 0 Å². The van der Waals surface area contributed by atoms with E-state index in [1.807, 2.05) is 0 Å². The molecule has 6 heteroatoms. The van der Waals surface area contributed by atoms with Crippen LogP contribution in [0.25, 0.3) is 0 Å². The normalized spacial score (nSPS) is 11.4. The summed E-state index contributed by atoms with van der Waals surface area (Å²) in [5, 5.41) is 0.283. The molecule has 0 saturated heterocycles. The lowest BCUT2D eigenvalue weighted by atomic mass is 10.2. The van der Waals surface area contributed by atoms with Gasteiger partial charge >= 0.3 is 6.18 Å². The van der Waals surface area contributed by atoms with Gasteiger partial charge in [0.25, 0.3) is 0 Å². The molecule has 0 saturated carbocycles. The molecule has 0 aliphatic rings. The number of hydrogen-bond acceptors (Lipinski definition) is 1. The molecular weight excluding hydrogens is 357 g/mol. The third-order valence-corrected chi connectivity index (χ3v) is 3.53. The van der Waals surface area contributed by atoms with E-state index in [0.29, 0.717) is 11.1 Å². The Morgan fingerprint density at radius 3 is 2.25 bits per heavy atom. The van der Waals surface area contributed by atoms with Gasteiger partial charge in [-0.3, -0.25) is 0 Å². The molecule has 0 radical (unpaired) electrons. The first-order valence-corrected chi connectivity index (χ1v) is 7.10. The summed E-state index contributed by atoms with van der Waals surface area (Å²) in [4.78, 5) is 0. The van der Waals surface area contributed by atoms with Crippen molar-refractivity contribution in [3.63, 3.8) is 0 Å². The van der Waals surface area contributed by atoms with Crippen LogP contribution in [0.4, 0.5) is 13.2 Å². The molecule has 0 heterocycles. The van der Waals surface area contributed by atoms with Gasteiger partial charge in [0.1, 0.15) is 17.1 Å². The molecule has 2 aromatic rings. The van der Waals surface area contributed by atoms with Crippen molar-refractivity contribution in [1.29, 1.82) is 0 Å². The third kappa shape index (κ3) is 3.46. The molecule has 1 nitrogen and oxygen atoms in total. The number of benzene rings is 2. The summed E-state index contributed by atoms with van der Waals surface area (Å²) in [5.74, 6) is 0.0130. The first-order chi connectivity index (χ1) is 9.41. The lowest BCUT2D eigenvalue weighted by Gasteiger charge is -2.15. The highest BCUT2D eigenvalue weighted by molar-refractivity contribution is 9.08. The van der Waals surface area contributed by atoms with E-state index in [2.05, 4.69) is 15.9 Å². The molecule has 0 atom stereocenters. The molecule has 0 aliphatic carbocycles. The van der Waals surface area contributed by atoms with Crippen molar-refractivity contribution in [1.82, 2.24) is 0 Å². The molecule has 0 fully saturated rings. The van der Waals surface area contributed by atoms with E-state index in [9.17, 15) is 13.2 Å². The maximum atomic E-state index is 13.0. The molecule has 0 N–H and O–H groups in total. The van der Waals surface area contributed by atoms with Gasteiger partial charge in [0, 0.05) is 5.33 Å². The van der Waals surface area contributed by atoms with Crippen LogP contribution < -0.4 is 4.74 Å². The summed E-state index contributed by atoms with van der Waals surface area (Å²) in [6.07, 6.45) is -4.57. The van der Waals surface area contributed by atoms with Crippen LogP contribution in [-0.2, 0) is 11.5 Å². The standard InChI is InChI=1S/C14H9BrClF3O/c15-8-9-4-6-10(7-5-9)20-12-3-1-2-11(16)13(12)14(17,18)19/h1-7H,8H2. The fourth-order valence-electron chi connectivity index (χ4n) is 1.64. The molecule has 0 aliphatic heterocycles. The van der Waals surface area contributed by atoms with Crippen molar-refractivity contribution in [3.05, 3.63) is 58.6 Å². The van der Waals surface area contributed by atoms with Crippen molar-refractivity contribution in [3.8, 4) is 11.5 Å². The molecule has 2 rings (SSSR count). The Bertz CT molecular complexity index is 596. The van der Waals surface area contributed by atoms with E-state index in [4.69, 9.17) is 16.3 Å². The zero-order valence-corrected chi connectivity index (χ0v) is 12.4. The zero-order chi connectivity index (χ0) is 14.8. The molecule has 20 heavy (non-hydrogen) atoms. The second-order valence-corrected chi connectivity index (χ2v) is 4.96. The lowest BCUT2D eigenvalue weighted by molar-refractivity contribution is -0.138. The van der Waals surface area contributed by atoms with Gasteiger partial charge in [-0.15, -0.1) is 0 Å². The monoisotopic (exact) mass is 364 g/mol. The zero-order valence-electron chi connectivity index (χ0n) is 10.0. The predicted molar refractivity (Wildman–Crippen MR) is 75.6 cm³/mol. The van der Waals surface area contributed by atoms with Crippen molar-refractivity contribution in [2.75, 3.05) is 0 Å². The number of alkyl halides is 4. The largest absolute Gasteiger partial charge is 0.457 e. The Hall–Kier alpha value is -1.20. The maximum Gasteiger partial charge on any atom is 0.421 e. The number of rotatable bonds is 3. The Kier molecular flexibility index (Phi) is 4.60. The predicted octanol–water partition coefficient (Wildman–Crippen LogP) is 6.05. The van der Waals surface area contributed by atoms with E-state index in [-0.39, 0.29) is 10.8 Å². The minimum absolute atomic E-state index is 0.309. The quantitative estimate of drug-likeness (QED) is 0.602. The van der Waals surface area contributed by atoms with Crippen LogP contribution in [-0.4, -0.2) is 0 Å². The third-order valence-electron chi connectivity index (χ3n) is 2.56. The van der Waals surface area contributed by atoms with E-state index in [0.717, 1.165) is 5.56 Å². The average Bonchev–Trinajstić information content (AvgIpc) is 2.38. The number of halogens is 5. The van der Waals surface area contributed by atoms with E-state index >= 15 is 0 Å². The van der Waals surface area contributed by atoms with Crippen LogP contribution in [0.3, 0.4) is 0 Å². The topological polar surface area (TPSA) is 9.23 Å². The SMILES string of the molecule is FC(F)(F)c1c(Cl)cccc1Oc1ccc(CBr)cc1. The van der Waals surface area contributed by atoms with Crippen LogP contribution in [0.1, 0.15) is 11.1 Å². The minimum atomic E-state index is -4.57. The highest BCUT2D eigenvalue weighted by Gasteiger charge is 2.37. The van der Waals surface area contributed by atoms with Crippen molar-refractivity contribution >= 4 is 27.5 Å². The van der Waals surface area contributed by atoms with Gasteiger partial charge in [0.05, 0.1) is 5.02 Å². The molecule has 2 aromatic carbocycles. The highest BCUT2D eigenvalue weighted by Crippen LogP contribution is 2.42. The molecule has 0 amide bonds. The van der Waals surface area contributed by atoms with Crippen molar-refractivity contribution in [2.24, 2.45) is 0 Å². The Balaban J connectivity index is 2.35. The molecule has 0 spiro atoms. The second-order valence-electron chi connectivity index (χ2n) is 3.99. The Morgan fingerprint density at radius 1 is 1.05 bits per heavy atom. The van der Waals surface area contributed by atoms with Gasteiger partial charge in [0.2, 0.25) is 0 Å². The number of hydrogen-bond donors (Lipinski definition) is 0. The summed E-state index contributed by atoms with van der Waals surface area (Å²) in [5.41, 5.74) is 0.0331. The summed E-state index contributed by atoms with van der Waals surface area (Å²) in [6.45, 7) is 0. The molecule has 0 bridgehead atoms. The van der Waals surface area contributed by atoms with Crippen LogP contribution >= 0.6 is 27.5 Å². The van der Waals surface area contributed by atoms with Crippen molar-refractivity contribution < 1.29 is 17.9 Å². The van der Waals surface area contributed by atoms with Crippen LogP contribution in [0.2, 0.25) is 5.02 Å². The fourth-order valence-corrected chi connectivity index (χ4v) is 2.28. The molecule has 106 valence electrons. The summed E-state index contributed by atoms with van der Waals surface area (Å²) in [6, 6.07) is 10.6. The molecular formula is C14H9BrClF3O. The number of ether oxygens (including phenoxy) is 1.